The van der Waals surface area contributed by atoms with Crippen molar-refractivity contribution in [3.63, 3.8) is 0 Å². The monoisotopic (exact) mass is 591 g/mol. The zero-order valence-electron chi connectivity index (χ0n) is 18.9. The average Bonchev–Trinajstić information content (AvgIpc) is 3.28. The van der Waals surface area contributed by atoms with Gasteiger partial charge in [0, 0.05) is 27.4 Å². The van der Waals surface area contributed by atoms with Crippen LogP contribution >= 0.6 is 27.5 Å². The van der Waals surface area contributed by atoms with Crippen molar-refractivity contribution in [3.8, 4) is 5.75 Å². The molecule has 0 saturated heterocycles. The van der Waals surface area contributed by atoms with Crippen LogP contribution in [-0.4, -0.2) is 11.0 Å². The van der Waals surface area contributed by atoms with Crippen LogP contribution in [0, 0.1) is 5.82 Å². The van der Waals surface area contributed by atoms with E-state index in [0.717, 1.165) is 22.3 Å². The number of ether oxygens (including phenoxy) is 1. The Balaban J connectivity index is 0.00000361. The van der Waals surface area contributed by atoms with Gasteiger partial charge in [0.2, 0.25) is 0 Å². The first kappa shape index (κ1) is 28.7. The fourth-order valence-electron chi connectivity index (χ4n) is 4.03. The molecule has 3 aromatic rings. The molecule has 0 atom stereocenters. The normalized spacial score (nSPS) is 13.5. The van der Waals surface area contributed by atoms with Crippen molar-refractivity contribution in [2.75, 3.05) is 0 Å². The minimum absolute atomic E-state index is 0. The van der Waals surface area contributed by atoms with Gasteiger partial charge in [-0.3, -0.25) is 4.98 Å². The first-order valence-electron chi connectivity index (χ1n) is 10.4. The van der Waals surface area contributed by atoms with Crippen LogP contribution in [0.15, 0.2) is 53.1 Å². The number of hydrogen-bond acceptors (Lipinski definition) is 4. The molecule has 0 amide bonds. The van der Waals surface area contributed by atoms with Crippen LogP contribution in [0.2, 0.25) is 5.02 Å². The topological polar surface area (TPSA) is 62.2 Å². The summed E-state index contributed by atoms with van der Waals surface area (Å²) in [7, 11) is 0. The van der Waals surface area contributed by atoms with Crippen molar-refractivity contribution in [1.82, 2.24) is 4.98 Å². The van der Waals surface area contributed by atoms with E-state index in [4.69, 9.17) is 16.3 Å². The smallest absolute Gasteiger partial charge is 0.545 e. The zero-order valence-corrected chi connectivity index (χ0v) is 23.2. The fourth-order valence-corrected chi connectivity index (χ4v) is 4.61. The Morgan fingerprint density at radius 3 is 2.50 bits per heavy atom. The van der Waals surface area contributed by atoms with Gasteiger partial charge < -0.3 is 14.6 Å². The largest absolute Gasteiger partial charge is 1.00 e. The molecule has 0 bridgehead atoms. The maximum Gasteiger partial charge on any atom is 1.00 e. The van der Waals surface area contributed by atoms with Gasteiger partial charge in [-0.25, -0.2) is 4.39 Å². The number of alkyl halides is 3. The zero-order chi connectivity index (χ0) is 25.3. The van der Waals surface area contributed by atoms with E-state index in [0.29, 0.717) is 41.7 Å². The number of halogens is 6. The standard InChI is InChI=1S/C25H17BrClF4NO3.Na/c26-15-5-7-22(35-12-13-4-6-16(28)10-21(13)27)19(9-15)18-3-1-2-17(18)14-8-20(24(33)34)23(32-11-14)25(29,30)31;/h4-11H,1-3,12H2,(H,33,34);/q;+1/p-1. The molecule has 0 radical (unpaired) electrons. The quantitative estimate of drug-likeness (QED) is 0.324. The van der Waals surface area contributed by atoms with Gasteiger partial charge in [-0.05, 0) is 72.4 Å². The summed E-state index contributed by atoms with van der Waals surface area (Å²) < 4.78 is 59.7. The van der Waals surface area contributed by atoms with Gasteiger partial charge in [-0.15, -0.1) is 0 Å². The van der Waals surface area contributed by atoms with E-state index in [1.165, 1.54) is 18.2 Å². The number of carbonyl (C=O) groups excluding carboxylic acids is 1. The van der Waals surface area contributed by atoms with Crippen LogP contribution < -0.4 is 39.4 Å². The number of carboxylic acids is 1. The number of hydrogen-bond donors (Lipinski definition) is 0. The Morgan fingerprint density at radius 1 is 1.11 bits per heavy atom. The van der Waals surface area contributed by atoms with Crippen molar-refractivity contribution >= 4 is 44.6 Å². The van der Waals surface area contributed by atoms with Gasteiger partial charge in [-0.1, -0.05) is 33.6 Å². The Morgan fingerprint density at radius 2 is 1.83 bits per heavy atom. The van der Waals surface area contributed by atoms with Crippen LogP contribution in [0.5, 0.6) is 5.75 Å². The summed E-state index contributed by atoms with van der Waals surface area (Å²) in [5, 5.41) is 11.6. The van der Waals surface area contributed by atoms with Crippen molar-refractivity contribution in [2.45, 2.75) is 32.0 Å². The maximum absolute atomic E-state index is 13.4. The van der Waals surface area contributed by atoms with Gasteiger partial charge >= 0.3 is 35.7 Å². The number of carboxylic acid groups (broad SMARTS) is 1. The number of rotatable bonds is 6. The molecule has 36 heavy (non-hydrogen) atoms. The molecule has 0 N–H and O–H groups in total. The molecule has 4 rings (SSSR count). The van der Waals surface area contributed by atoms with Crippen LogP contribution in [0.3, 0.4) is 0 Å². The predicted molar refractivity (Wildman–Crippen MR) is 124 cm³/mol. The second kappa shape index (κ2) is 11.6. The Kier molecular flexibility index (Phi) is 9.27. The second-order valence-electron chi connectivity index (χ2n) is 7.88. The maximum atomic E-state index is 13.4. The molecule has 0 spiro atoms. The Labute approximate surface area is 239 Å². The average molecular weight is 593 g/mol. The summed E-state index contributed by atoms with van der Waals surface area (Å²) in [5.41, 5.74) is 0.522. The third-order valence-electron chi connectivity index (χ3n) is 5.61. The van der Waals surface area contributed by atoms with Gasteiger partial charge in [0.1, 0.15) is 18.2 Å². The van der Waals surface area contributed by atoms with Crippen LogP contribution in [-0.2, 0) is 12.8 Å². The fraction of sp³-hybridized carbons (Fsp3) is 0.200. The number of aromatic carboxylic acids is 1. The number of nitrogens with zero attached hydrogens (tertiary/aromatic N) is 1. The van der Waals surface area contributed by atoms with Gasteiger partial charge in [0.15, 0.2) is 5.69 Å². The molecule has 1 aliphatic carbocycles. The molecule has 182 valence electrons. The van der Waals surface area contributed by atoms with Crippen LogP contribution in [0.25, 0.3) is 11.1 Å². The van der Waals surface area contributed by atoms with E-state index in [1.807, 2.05) is 6.07 Å². The molecule has 4 nitrogen and oxygen atoms in total. The molecule has 1 aliphatic rings. The Bertz CT molecular complexity index is 1350. The molecule has 0 saturated carbocycles. The predicted octanol–water partition coefficient (Wildman–Crippen LogP) is 3.70. The summed E-state index contributed by atoms with van der Waals surface area (Å²) in [5.74, 6) is -1.93. The number of pyridine rings is 1. The summed E-state index contributed by atoms with van der Waals surface area (Å²) in [4.78, 5) is 14.8. The van der Waals surface area contributed by atoms with Gasteiger partial charge in [0.05, 0.1) is 11.0 Å². The third-order valence-corrected chi connectivity index (χ3v) is 6.45. The van der Waals surface area contributed by atoms with Crippen molar-refractivity contribution in [3.05, 3.63) is 91.9 Å². The molecule has 0 fully saturated rings. The summed E-state index contributed by atoms with van der Waals surface area (Å²) in [6, 6.07) is 10.3. The minimum atomic E-state index is -4.92. The Hall–Kier alpha value is -1.91. The molecular formula is C25H16BrClF4NNaO3. The van der Waals surface area contributed by atoms with Crippen LogP contribution in [0.4, 0.5) is 17.6 Å². The second-order valence-corrected chi connectivity index (χ2v) is 9.20. The number of aromatic nitrogens is 1. The summed E-state index contributed by atoms with van der Waals surface area (Å²) >= 11 is 9.53. The molecule has 1 aromatic heterocycles. The van der Waals surface area contributed by atoms with Gasteiger partial charge in [-0.2, -0.15) is 13.2 Å². The molecular weight excluding hydrogens is 577 g/mol. The van der Waals surface area contributed by atoms with Gasteiger partial charge in [0.25, 0.3) is 0 Å². The first-order valence-corrected chi connectivity index (χ1v) is 11.6. The van der Waals surface area contributed by atoms with Crippen molar-refractivity contribution < 1.29 is 61.8 Å². The third kappa shape index (κ3) is 6.31. The van der Waals surface area contributed by atoms with Crippen molar-refractivity contribution in [1.29, 1.82) is 0 Å². The van der Waals surface area contributed by atoms with E-state index in [2.05, 4.69) is 20.9 Å². The van der Waals surface area contributed by atoms with E-state index in [9.17, 15) is 27.5 Å². The molecule has 11 heteroatoms. The number of carbonyl (C=O) groups is 1. The van der Waals surface area contributed by atoms with E-state index in [1.54, 1.807) is 12.1 Å². The van der Waals surface area contributed by atoms with E-state index in [-0.39, 0.29) is 46.8 Å². The number of benzene rings is 2. The van der Waals surface area contributed by atoms with Crippen LogP contribution in [0.1, 0.15) is 52.0 Å². The van der Waals surface area contributed by atoms with Crippen molar-refractivity contribution in [2.24, 2.45) is 0 Å². The molecule has 2 aromatic carbocycles. The molecule has 1 heterocycles. The number of allylic oxidation sites excluding steroid dienone is 2. The molecule has 0 aliphatic heterocycles. The van der Waals surface area contributed by atoms with E-state index < -0.39 is 29.2 Å². The summed E-state index contributed by atoms with van der Waals surface area (Å²) in [6.45, 7) is 0.0625. The van der Waals surface area contributed by atoms with E-state index >= 15 is 0 Å². The SMILES string of the molecule is O=C([O-])c1cc(C2=C(c3cc(Br)ccc3OCc3ccc(F)cc3Cl)CCC2)cnc1C(F)(F)F.[Na+]. The first-order chi connectivity index (χ1) is 16.5. The minimum Gasteiger partial charge on any atom is -0.545 e. The molecule has 0 unspecified atom stereocenters. The summed E-state index contributed by atoms with van der Waals surface area (Å²) in [6.07, 6.45) is -2.06.